The minimum Gasteiger partial charge on any atom is -0.271 e. The van der Waals surface area contributed by atoms with E-state index in [0.717, 1.165) is 12.8 Å². The van der Waals surface area contributed by atoms with E-state index in [1.165, 1.54) is 43.6 Å². The summed E-state index contributed by atoms with van der Waals surface area (Å²) < 4.78 is 0. The van der Waals surface area contributed by atoms with Crippen LogP contribution in [0.3, 0.4) is 0 Å². The van der Waals surface area contributed by atoms with E-state index in [-0.39, 0.29) is 0 Å². The van der Waals surface area contributed by atoms with Gasteiger partial charge in [0.2, 0.25) is 0 Å². The Hall–Kier alpha value is -0.570. The zero-order valence-corrected chi connectivity index (χ0v) is 8.83. The minimum absolute atomic E-state index is 0.662. The van der Waals surface area contributed by atoms with E-state index in [1.807, 2.05) is 6.41 Å². The van der Waals surface area contributed by atoms with Crippen molar-refractivity contribution in [2.45, 2.75) is 51.4 Å². The number of hydrogen-bond donors (Lipinski definition) is 0. The van der Waals surface area contributed by atoms with Crippen molar-refractivity contribution in [3.8, 4) is 0 Å². The van der Waals surface area contributed by atoms with E-state index in [1.54, 1.807) is 0 Å². The van der Waals surface area contributed by atoms with Crippen LogP contribution >= 0.6 is 0 Å². The SMILES string of the molecule is O=[C]N1CCCCCCCCCCO1. The molecule has 1 radical (unpaired) electrons. The maximum Gasteiger partial charge on any atom is 0.337 e. The van der Waals surface area contributed by atoms with E-state index in [9.17, 15) is 4.79 Å². The molecule has 1 saturated heterocycles. The average molecular weight is 198 g/mol. The Morgan fingerprint density at radius 1 is 0.857 bits per heavy atom. The van der Waals surface area contributed by atoms with Crippen molar-refractivity contribution in [3.63, 3.8) is 0 Å². The highest BCUT2D eigenvalue weighted by atomic mass is 16.7. The molecule has 0 aliphatic carbocycles. The van der Waals surface area contributed by atoms with Crippen molar-refractivity contribution in [1.82, 2.24) is 5.06 Å². The van der Waals surface area contributed by atoms with Gasteiger partial charge in [-0.2, -0.15) is 0 Å². The average Bonchev–Trinajstić information content (AvgIpc) is 2.19. The van der Waals surface area contributed by atoms with Crippen LogP contribution in [0.5, 0.6) is 0 Å². The summed E-state index contributed by atoms with van der Waals surface area (Å²) in [5, 5.41) is 1.32. The standard InChI is InChI=1S/C11H20NO2/c13-11-12-9-7-5-3-1-2-4-6-8-10-14-12/h1-10H2. The van der Waals surface area contributed by atoms with Crippen LogP contribution in [0.2, 0.25) is 0 Å². The van der Waals surface area contributed by atoms with Crippen molar-refractivity contribution in [1.29, 1.82) is 0 Å². The van der Waals surface area contributed by atoms with E-state index >= 15 is 0 Å². The third kappa shape index (κ3) is 5.22. The van der Waals surface area contributed by atoms with Gasteiger partial charge in [-0.05, 0) is 12.8 Å². The number of hydrogen-bond acceptors (Lipinski definition) is 2. The van der Waals surface area contributed by atoms with Crippen LogP contribution in [-0.2, 0) is 9.63 Å². The molecule has 1 amide bonds. The summed E-state index contributed by atoms with van der Waals surface area (Å²) in [5.41, 5.74) is 0. The first kappa shape index (κ1) is 11.5. The lowest BCUT2D eigenvalue weighted by Crippen LogP contribution is -2.24. The van der Waals surface area contributed by atoms with Crippen LogP contribution in [-0.4, -0.2) is 24.6 Å². The fourth-order valence-electron chi connectivity index (χ4n) is 1.73. The molecule has 0 spiro atoms. The van der Waals surface area contributed by atoms with Crippen LogP contribution in [0, 0.1) is 0 Å². The molecule has 0 N–H and O–H groups in total. The molecule has 3 heteroatoms. The van der Waals surface area contributed by atoms with Crippen LogP contribution in [0.1, 0.15) is 51.4 Å². The molecule has 0 aromatic carbocycles. The van der Waals surface area contributed by atoms with Crippen molar-refractivity contribution >= 4 is 6.41 Å². The first-order chi connectivity index (χ1) is 6.93. The summed E-state index contributed by atoms with van der Waals surface area (Å²) in [6.45, 7) is 1.36. The second-order valence-electron chi connectivity index (χ2n) is 3.86. The number of rotatable bonds is 1. The van der Waals surface area contributed by atoms with E-state index < -0.39 is 0 Å². The van der Waals surface area contributed by atoms with Gasteiger partial charge in [0.1, 0.15) is 0 Å². The quantitative estimate of drug-likeness (QED) is 0.647. The molecule has 0 atom stereocenters. The molecule has 1 heterocycles. The third-order valence-electron chi connectivity index (χ3n) is 2.60. The van der Waals surface area contributed by atoms with Crippen molar-refractivity contribution in [2.24, 2.45) is 0 Å². The Labute approximate surface area is 86.4 Å². The highest BCUT2D eigenvalue weighted by molar-refractivity contribution is 5.45. The predicted molar refractivity (Wildman–Crippen MR) is 55.3 cm³/mol. The number of hydroxylamine groups is 2. The predicted octanol–water partition coefficient (Wildman–Crippen LogP) is 2.42. The van der Waals surface area contributed by atoms with E-state index in [2.05, 4.69) is 0 Å². The fourth-order valence-corrected chi connectivity index (χ4v) is 1.73. The van der Waals surface area contributed by atoms with Crippen LogP contribution < -0.4 is 0 Å². The highest BCUT2D eigenvalue weighted by Gasteiger charge is 2.04. The molecule has 0 aromatic heterocycles. The number of amides is 1. The van der Waals surface area contributed by atoms with Gasteiger partial charge in [0.15, 0.2) is 0 Å². The van der Waals surface area contributed by atoms with Crippen LogP contribution in [0.25, 0.3) is 0 Å². The Morgan fingerprint density at radius 3 is 2.07 bits per heavy atom. The van der Waals surface area contributed by atoms with Gasteiger partial charge in [-0.3, -0.25) is 9.63 Å². The largest absolute Gasteiger partial charge is 0.337 e. The van der Waals surface area contributed by atoms with Gasteiger partial charge in [-0.15, -0.1) is 0 Å². The molecule has 1 aliphatic heterocycles. The van der Waals surface area contributed by atoms with Gasteiger partial charge in [0.25, 0.3) is 0 Å². The normalized spacial score (nSPS) is 22.1. The first-order valence-corrected chi connectivity index (χ1v) is 5.72. The van der Waals surface area contributed by atoms with Gasteiger partial charge >= 0.3 is 6.41 Å². The summed E-state index contributed by atoms with van der Waals surface area (Å²) in [7, 11) is 0. The molecule has 0 aromatic rings. The number of carbonyl (C=O) groups excluding carboxylic acids is 1. The molecule has 14 heavy (non-hydrogen) atoms. The molecule has 0 unspecified atom stereocenters. The second kappa shape index (κ2) is 7.80. The molecular formula is C11H20NO2. The third-order valence-corrected chi connectivity index (χ3v) is 2.60. The maximum absolute atomic E-state index is 10.5. The molecule has 3 nitrogen and oxygen atoms in total. The number of nitrogens with zero attached hydrogens (tertiary/aromatic N) is 1. The molecule has 1 fully saturated rings. The lowest BCUT2D eigenvalue weighted by molar-refractivity contribution is -0.102. The molecule has 1 aliphatic rings. The minimum atomic E-state index is 0.662. The summed E-state index contributed by atoms with van der Waals surface area (Å²) in [4.78, 5) is 15.7. The maximum atomic E-state index is 10.5. The summed E-state index contributed by atoms with van der Waals surface area (Å²) in [5.74, 6) is 0. The second-order valence-corrected chi connectivity index (χ2v) is 3.86. The van der Waals surface area contributed by atoms with Gasteiger partial charge < -0.3 is 0 Å². The molecule has 0 bridgehead atoms. The van der Waals surface area contributed by atoms with Crippen molar-refractivity contribution in [2.75, 3.05) is 13.2 Å². The van der Waals surface area contributed by atoms with Crippen LogP contribution in [0.4, 0.5) is 0 Å². The van der Waals surface area contributed by atoms with Gasteiger partial charge in [0.05, 0.1) is 6.61 Å². The lowest BCUT2D eigenvalue weighted by atomic mass is 10.1. The summed E-state index contributed by atoms with van der Waals surface area (Å²) in [6.07, 6.45) is 11.6. The van der Waals surface area contributed by atoms with Crippen molar-refractivity contribution in [3.05, 3.63) is 0 Å². The fraction of sp³-hybridized carbons (Fsp3) is 0.909. The zero-order valence-electron chi connectivity index (χ0n) is 8.83. The van der Waals surface area contributed by atoms with Gasteiger partial charge in [-0.25, -0.2) is 5.06 Å². The van der Waals surface area contributed by atoms with Crippen LogP contribution in [0.15, 0.2) is 0 Å². The monoisotopic (exact) mass is 198 g/mol. The Morgan fingerprint density at radius 2 is 1.43 bits per heavy atom. The lowest BCUT2D eigenvalue weighted by Gasteiger charge is -2.16. The molecule has 1 rings (SSSR count). The zero-order chi connectivity index (χ0) is 10.1. The van der Waals surface area contributed by atoms with Crippen molar-refractivity contribution < 1.29 is 9.63 Å². The van der Waals surface area contributed by atoms with E-state index in [0.29, 0.717) is 13.2 Å². The topological polar surface area (TPSA) is 29.5 Å². The van der Waals surface area contributed by atoms with Gasteiger partial charge in [0, 0.05) is 6.54 Å². The summed E-state index contributed by atoms with van der Waals surface area (Å²) >= 11 is 0. The highest BCUT2D eigenvalue weighted by Crippen LogP contribution is 2.10. The Balaban J connectivity index is 2.20. The van der Waals surface area contributed by atoms with Gasteiger partial charge in [-0.1, -0.05) is 38.5 Å². The molecule has 81 valence electrons. The Kier molecular flexibility index (Phi) is 6.41. The first-order valence-electron chi connectivity index (χ1n) is 5.72. The molecular weight excluding hydrogens is 178 g/mol. The summed E-state index contributed by atoms with van der Waals surface area (Å²) in [6, 6.07) is 0. The van der Waals surface area contributed by atoms with E-state index in [4.69, 9.17) is 4.84 Å². The molecule has 0 saturated carbocycles. The Bertz CT molecular complexity index is 138. The smallest absolute Gasteiger partial charge is 0.271 e.